The number of hydrogen-bond donors (Lipinski definition) is 3. The van der Waals surface area contributed by atoms with E-state index < -0.39 is 5.60 Å². The number of para-hydroxylation sites is 1. The van der Waals surface area contributed by atoms with Crippen LogP contribution < -0.4 is 15.4 Å². The van der Waals surface area contributed by atoms with E-state index >= 15 is 0 Å². The zero-order valence-electron chi connectivity index (χ0n) is 13.4. The van der Waals surface area contributed by atoms with Crippen LogP contribution >= 0.6 is 11.3 Å². The highest BCUT2D eigenvalue weighted by Gasteiger charge is 2.24. The van der Waals surface area contributed by atoms with Crippen LogP contribution in [0, 0.1) is 12.3 Å². The van der Waals surface area contributed by atoms with E-state index in [1.54, 1.807) is 13.0 Å². The summed E-state index contributed by atoms with van der Waals surface area (Å²) in [6.07, 6.45) is 5.19. The molecule has 0 spiro atoms. The molecule has 5 nitrogen and oxygen atoms in total. The van der Waals surface area contributed by atoms with Crippen LogP contribution in [-0.4, -0.2) is 24.3 Å². The SMILES string of the molecule is C#CCOc1ccccc1CNC(=O)NCC(C)(O)c1cccs1. The van der Waals surface area contributed by atoms with Crippen molar-refractivity contribution in [1.29, 1.82) is 0 Å². The van der Waals surface area contributed by atoms with Gasteiger partial charge in [0.15, 0.2) is 0 Å². The zero-order chi connectivity index (χ0) is 17.4. The number of thiophene rings is 1. The van der Waals surface area contributed by atoms with Crippen molar-refractivity contribution in [2.24, 2.45) is 0 Å². The minimum absolute atomic E-state index is 0.120. The van der Waals surface area contributed by atoms with E-state index in [9.17, 15) is 9.90 Å². The number of rotatable bonds is 7. The van der Waals surface area contributed by atoms with Crippen LogP contribution in [0.3, 0.4) is 0 Å². The van der Waals surface area contributed by atoms with Gasteiger partial charge in [-0.1, -0.05) is 30.2 Å². The third-order valence-electron chi connectivity index (χ3n) is 3.37. The topological polar surface area (TPSA) is 70.6 Å². The van der Waals surface area contributed by atoms with E-state index in [0.717, 1.165) is 10.4 Å². The lowest BCUT2D eigenvalue weighted by atomic mass is 10.1. The Labute approximate surface area is 145 Å². The molecule has 6 heteroatoms. The summed E-state index contributed by atoms with van der Waals surface area (Å²) in [5, 5.41) is 17.7. The number of urea groups is 1. The van der Waals surface area contributed by atoms with Gasteiger partial charge in [-0.25, -0.2) is 4.79 Å². The first-order valence-corrected chi connectivity index (χ1v) is 8.33. The minimum atomic E-state index is -1.10. The molecule has 1 unspecified atom stereocenters. The molecular formula is C18H20N2O3S. The molecule has 0 saturated carbocycles. The van der Waals surface area contributed by atoms with Gasteiger partial charge in [-0.05, 0) is 24.4 Å². The van der Waals surface area contributed by atoms with Crippen molar-refractivity contribution in [3.8, 4) is 18.1 Å². The molecule has 2 amide bonds. The minimum Gasteiger partial charge on any atom is -0.481 e. The fraction of sp³-hybridized carbons (Fsp3) is 0.278. The molecular weight excluding hydrogens is 324 g/mol. The Morgan fingerprint density at radius 2 is 2.12 bits per heavy atom. The van der Waals surface area contributed by atoms with Gasteiger partial charge in [-0.3, -0.25) is 0 Å². The second-order valence-electron chi connectivity index (χ2n) is 5.39. The third kappa shape index (κ3) is 5.01. The fourth-order valence-corrected chi connectivity index (χ4v) is 2.86. The number of terminal acetylenes is 1. The Kier molecular flexibility index (Phi) is 6.24. The average molecular weight is 344 g/mol. The molecule has 0 radical (unpaired) electrons. The summed E-state index contributed by atoms with van der Waals surface area (Å²) in [5.41, 5.74) is -0.271. The summed E-state index contributed by atoms with van der Waals surface area (Å²) in [7, 11) is 0. The number of carbonyl (C=O) groups is 1. The lowest BCUT2D eigenvalue weighted by Crippen LogP contribution is -2.42. The van der Waals surface area contributed by atoms with Gasteiger partial charge in [0.25, 0.3) is 0 Å². The Morgan fingerprint density at radius 1 is 1.33 bits per heavy atom. The highest BCUT2D eigenvalue weighted by molar-refractivity contribution is 7.10. The van der Waals surface area contributed by atoms with Crippen LogP contribution in [0.4, 0.5) is 4.79 Å². The van der Waals surface area contributed by atoms with Gasteiger partial charge in [0.1, 0.15) is 18.0 Å². The molecule has 0 saturated heterocycles. The highest BCUT2D eigenvalue weighted by atomic mass is 32.1. The number of carbonyl (C=O) groups excluding carboxylic acids is 1. The van der Waals surface area contributed by atoms with E-state index in [-0.39, 0.29) is 19.2 Å². The first-order valence-electron chi connectivity index (χ1n) is 7.45. The second kappa shape index (κ2) is 8.39. The molecule has 24 heavy (non-hydrogen) atoms. The van der Waals surface area contributed by atoms with Crippen LogP contribution in [0.15, 0.2) is 41.8 Å². The summed E-state index contributed by atoms with van der Waals surface area (Å²) in [6.45, 7) is 2.26. The predicted molar refractivity (Wildman–Crippen MR) is 94.9 cm³/mol. The van der Waals surface area contributed by atoms with Crippen molar-refractivity contribution in [3.63, 3.8) is 0 Å². The molecule has 1 atom stereocenters. The number of aliphatic hydroxyl groups is 1. The van der Waals surface area contributed by atoms with Crippen molar-refractivity contribution >= 4 is 17.4 Å². The van der Waals surface area contributed by atoms with Gasteiger partial charge in [-0.15, -0.1) is 17.8 Å². The highest BCUT2D eigenvalue weighted by Crippen LogP contribution is 2.24. The molecule has 0 aliphatic heterocycles. The van der Waals surface area contributed by atoms with Crippen LogP contribution in [0.1, 0.15) is 17.4 Å². The predicted octanol–water partition coefficient (Wildman–Crippen LogP) is 2.47. The van der Waals surface area contributed by atoms with Crippen LogP contribution in [0.2, 0.25) is 0 Å². The monoisotopic (exact) mass is 344 g/mol. The largest absolute Gasteiger partial charge is 0.481 e. The van der Waals surface area contributed by atoms with E-state index in [0.29, 0.717) is 12.3 Å². The quantitative estimate of drug-likeness (QED) is 0.676. The summed E-state index contributed by atoms with van der Waals surface area (Å²) >= 11 is 1.45. The van der Waals surface area contributed by atoms with Crippen molar-refractivity contribution < 1.29 is 14.6 Å². The van der Waals surface area contributed by atoms with Crippen molar-refractivity contribution in [2.75, 3.05) is 13.2 Å². The van der Waals surface area contributed by atoms with E-state index in [1.807, 2.05) is 35.7 Å². The van der Waals surface area contributed by atoms with Crippen molar-refractivity contribution in [2.45, 2.75) is 19.1 Å². The summed E-state index contributed by atoms with van der Waals surface area (Å²) in [5.74, 6) is 3.05. The summed E-state index contributed by atoms with van der Waals surface area (Å²) in [6, 6.07) is 10.7. The maximum absolute atomic E-state index is 12.0. The zero-order valence-corrected chi connectivity index (χ0v) is 14.2. The summed E-state index contributed by atoms with van der Waals surface area (Å²) < 4.78 is 5.44. The van der Waals surface area contributed by atoms with Crippen molar-refractivity contribution in [3.05, 3.63) is 52.2 Å². The average Bonchev–Trinajstić information content (AvgIpc) is 3.12. The van der Waals surface area contributed by atoms with E-state index in [2.05, 4.69) is 16.6 Å². The van der Waals surface area contributed by atoms with Gasteiger partial charge in [0.05, 0.1) is 6.54 Å². The normalized spacial score (nSPS) is 12.7. The first kappa shape index (κ1) is 17.9. The number of hydrogen-bond acceptors (Lipinski definition) is 4. The summed E-state index contributed by atoms with van der Waals surface area (Å²) in [4.78, 5) is 12.8. The van der Waals surface area contributed by atoms with Crippen LogP contribution in [0.5, 0.6) is 5.75 Å². The number of benzene rings is 1. The molecule has 126 valence electrons. The standard InChI is InChI=1S/C18H20N2O3S/c1-3-10-23-15-8-5-4-7-14(15)12-19-17(21)20-13-18(2,22)16-9-6-11-24-16/h1,4-9,11,22H,10,12-13H2,2H3,(H2,19,20,21). The smallest absolute Gasteiger partial charge is 0.315 e. The molecule has 0 aliphatic carbocycles. The Hall–Kier alpha value is -2.49. The molecule has 1 heterocycles. The first-order chi connectivity index (χ1) is 11.5. The number of ether oxygens (including phenoxy) is 1. The lowest BCUT2D eigenvalue weighted by Gasteiger charge is -2.22. The fourth-order valence-electron chi connectivity index (χ4n) is 2.07. The number of nitrogens with one attached hydrogen (secondary N) is 2. The van der Waals surface area contributed by atoms with Crippen molar-refractivity contribution in [1.82, 2.24) is 10.6 Å². The number of amides is 2. The van der Waals surface area contributed by atoms with Crippen LogP contribution in [0.25, 0.3) is 0 Å². The van der Waals surface area contributed by atoms with Gasteiger partial charge in [0, 0.05) is 17.0 Å². The van der Waals surface area contributed by atoms with Gasteiger partial charge in [0.2, 0.25) is 0 Å². The maximum Gasteiger partial charge on any atom is 0.315 e. The molecule has 0 fully saturated rings. The molecule has 2 aromatic rings. The Morgan fingerprint density at radius 3 is 2.83 bits per heavy atom. The van der Waals surface area contributed by atoms with E-state index in [4.69, 9.17) is 11.2 Å². The Bertz CT molecular complexity index is 705. The second-order valence-corrected chi connectivity index (χ2v) is 6.34. The molecule has 1 aromatic carbocycles. The molecule has 0 bridgehead atoms. The maximum atomic E-state index is 12.0. The molecule has 2 rings (SSSR count). The Balaban J connectivity index is 1.85. The van der Waals surface area contributed by atoms with Gasteiger partial charge < -0.3 is 20.5 Å². The van der Waals surface area contributed by atoms with Gasteiger partial charge >= 0.3 is 6.03 Å². The third-order valence-corrected chi connectivity index (χ3v) is 4.49. The molecule has 3 N–H and O–H groups in total. The molecule has 1 aromatic heterocycles. The molecule has 0 aliphatic rings. The van der Waals surface area contributed by atoms with E-state index in [1.165, 1.54) is 11.3 Å². The lowest BCUT2D eigenvalue weighted by molar-refractivity contribution is 0.0631. The van der Waals surface area contributed by atoms with Gasteiger partial charge in [-0.2, -0.15) is 0 Å². The van der Waals surface area contributed by atoms with Crippen LogP contribution in [-0.2, 0) is 12.1 Å².